The first-order valence-corrected chi connectivity index (χ1v) is 6.08. The second kappa shape index (κ2) is 6.30. The van der Waals surface area contributed by atoms with Crippen molar-refractivity contribution in [1.82, 2.24) is 5.32 Å². The lowest BCUT2D eigenvalue weighted by molar-refractivity contribution is 0.155. The largest absolute Gasteiger partial charge is 0.466 e. The van der Waals surface area contributed by atoms with Crippen LogP contribution in [0.25, 0.3) is 0 Å². The van der Waals surface area contributed by atoms with Gasteiger partial charge in [-0.25, -0.2) is 0 Å². The van der Waals surface area contributed by atoms with Gasteiger partial charge in [0.25, 0.3) is 0 Å². The quantitative estimate of drug-likeness (QED) is 0.839. The molecule has 1 aromatic heterocycles. The molecular weight excluding hydrogens is 258 g/mol. The zero-order valence-corrected chi connectivity index (χ0v) is 10.8. The predicted molar refractivity (Wildman–Crippen MR) is 63.7 cm³/mol. The van der Waals surface area contributed by atoms with Crippen LogP contribution in [0.1, 0.15) is 38.5 Å². The lowest BCUT2D eigenvalue weighted by atomic mass is 10.2. The Kier molecular flexibility index (Phi) is 5.36. The van der Waals surface area contributed by atoms with Crippen molar-refractivity contribution >= 4 is 15.9 Å². The Morgan fingerprint density at radius 2 is 2.33 bits per heavy atom. The molecule has 2 atom stereocenters. The number of furan rings is 1. The van der Waals surface area contributed by atoms with E-state index >= 15 is 0 Å². The van der Waals surface area contributed by atoms with Gasteiger partial charge < -0.3 is 14.8 Å². The lowest BCUT2D eigenvalue weighted by Gasteiger charge is -2.15. The molecule has 0 spiro atoms. The molecular formula is C11H18BrNO2. The number of nitrogens with one attached hydrogen (secondary N) is 1. The molecule has 1 rings (SSSR count). The van der Waals surface area contributed by atoms with Gasteiger partial charge >= 0.3 is 0 Å². The summed E-state index contributed by atoms with van der Waals surface area (Å²) in [5, 5.41) is 12.8. The van der Waals surface area contributed by atoms with Gasteiger partial charge in [0.05, 0.1) is 22.9 Å². The fourth-order valence-electron chi connectivity index (χ4n) is 1.46. The Balaban J connectivity index is 2.36. The van der Waals surface area contributed by atoms with E-state index < -0.39 is 0 Å². The standard InChI is InChI=1S/C11H18BrNO2/c1-3-4-9(14)7-13-8(2)11-10(12)5-6-15-11/h5-6,8-9,13-14H,3-4,7H2,1-2H3. The Hall–Kier alpha value is -0.320. The SMILES string of the molecule is CCCC(O)CNC(C)c1occc1Br. The molecule has 0 aliphatic rings. The van der Waals surface area contributed by atoms with Gasteiger partial charge in [0, 0.05) is 6.54 Å². The van der Waals surface area contributed by atoms with Crippen molar-refractivity contribution in [2.24, 2.45) is 0 Å². The molecule has 15 heavy (non-hydrogen) atoms. The molecule has 1 heterocycles. The molecule has 86 valence electrons. The smallest absolute Gasteiger partial charge is 0.134 e. The molecule has 2 unspecified atom stereocenters. The van der Waals surface area contributed by atoms with E-state index in [-0.39, 0.29) is 12.1 Å². The summed E-state index contributed by atoms with van der Waals surface area (Å²) in [6.45, 7) is 4.68. The summed E-state index contributed by atoms with van der Waals surface area (Å²) in [5.41, 5.74) is 0. The van der Waals surface area contributed by atoms with E-state index in [1.165, 1.54) is 0 Å². The van der Waals surface area contributed by atoms with Gasteiger partial charge in [-0.2, -0.15) is 0 Å². The molecule has 1 aromatic rings. The lowest BCUT2D eigenvalue weighted by Crippen LogP contribution is -2.28. The van der Waals surface area contributed by atoms with Crippen LogP contribution < -0.4 is 5.32 Å². The van der Waals surface area contributed by atoms with Crippen molar-refractivity contribution in [3.05, 3.63) is 22.6 Å². The molecule has 0 saturated carbocycles. The number of aliphatic hydroxyl groups is 1. The van der Waals surface area contributed by atoms with E-state index in [0.29, 0.717) is 6.54 Å². The van der Waals surface area contributed by atoms with E-state index in [0.717, 1.165) is 23.1 Å². The van der Waals surface area contributed by atoms with Crippen LogP contribution in [0.4, 0.5) is 0 Å². The zero-order chi connectivity index (χ0) is 11.3. The summed E-state index contributed by atoms with van der Waals surface area (Å²) in [4.78, 5) is 0. The van der Waals surface area contributed by atoms with Crippen LogP contribution in [0.3, 0.4) is 0 Å². The summed E-state index contributed by atoms with van der Waals surface area (Å²) in [5.74, 6) is 0.874. The molecule has 0 radical (unpaired) electrons. The minimum absolute atomic E-state index is 0.112. The number of hydrogen-bond acceptors (Lipinski definition) is 3. The van der Waals surface area contributed by atoms with Crippen molar-refractivity contribution in [3.63, 3.8) is 0 Å². The van der Waals surface area contributed by atoms with Crippen LogP contribution in [0.15, 0.2) is 21.2 Å². The van der Waals surface area contributed by atoms with Crippen LogP contribution in [-0.4, -0.2) is 17.8 Å². The van der Waals surface area contributed by atoms with Gasteiger partial charge in [0.1, 0.15) is 5.76 Å². The molecule has 0 bridgehead atoms. The number of rotatable bonds is 6. The Morgan fingerprint density at radius 1 is 1.60 bits per heavy atom. The molecule has 0 aliphatic heterocycles. The predicted octanol–water partition coefficient (Wildman–Crippen LogP) is 2.85. The van der Waals surface area contributed by atoms with Crippen molar-refractivity contribution in [3.8, 4) is 0 Å². The molecule has 0 amide bonds. The first kappa shape index (κ1) is 12.7. The first-order valence-electron chi connectivity index (χ1n) is 5.29. The van der Waals surface area contributed by atoms with E-state index in [2.05, 4.69) is 28.2 Å². The highest BCUT2D eigenvalue weighted by Gasteiger charge is 2.13. The van der Waals surface area contributed by atoms with E-state index in [1.54, 1.807) is 6.26 Å². The molecule has 3 nitrogen and oxygen atoms in total. The molecule has 0 aromatic carbocycles. The topological polar surface area (TPSA) is 45.4 Å². The van der Waals surface area contributed by atoms with Crippen LogP contribution in [-0.2, 0) is 0 Å². The van der Waals surface area contributed by atoms with E-state index in [4.69, 9.17) is 4.42 Å². The van der Waals surface area contributed by atoms with Gasteiger partial charge in [-0.3, -0.25) is 0 Å². The fraction of sp³-hybridized carbons (Fsp3) is 0.636. The average Bonchev–Trinajstić information content (AvgIpc) is 2.61. The van der Waals surface area contributed by atoms with E-state index in [9.17, 15) is 5.11 Å². The van der Waals surface area contributed by atoms with Crippen molar-refractivity contribution < 1.29 is 9.52 Å². The Labute approximate surface area is 99.0 Å². The molecule has 0 fully saturated rings. The molecule has 2 N–H and O–H groups in total. The molecule has 4 heteroatoms. The first-order chi connectivity index (χ1) is 7.15. The highest BCUT2D eigenvalue weighted by Crippen LogP contribution is 2.23. The van der Waals surface area contributed by atoms with E-state index in [1.807, 2.05) is 13.0 Å². The third kappa shape index (κ3) is 3.97. The van der Waals surface area contributed by atoms with Gasteiger partial charge in [-0.1, -0.05) is 13.3 Å². The van der Waals surface area contributed by atoms with Gasteiger partial charge in [-0.05, 0) is 35.3 Å². The zero-order valence-electron chi connectivity index (χ0n) is 9.16. The maximum atomic E-state index is 9.56. The van der Waals surface area contributed by atoms with Crippen molar-refractivity contribution in [1.29, 1.82) is 0 Å². The number of halogens is 1. The highest BCUT2D eigenvalue weighted by molar-refractivity contribution is 9.10. The Morgan fingerprint density at radius 3 is 2.87 bits per heavy atom. The van der Waals surface area contributed by atoms with Crippen LogP contribution in [0.5, 0.6) is 0 Å². The number of aliphatic hydroxyl groups excluding tert-OH is 1. The van der Waals surface area contributed by atoms with Crippen LogP contribution in [0.2, 0.25) is 0 Å². The second-order valence-corrected chi connectivity index (χ2v) is 4.56. The fourth-order valence-corrected chi connectivity index (χ4v) is 2.00. The van der Waals surface area contributed by atoms with Crippen LogP contribution >= 0.6 is 15.9 Å². The maximum Gasteiger partial charge on any atom is 0.134 e. The summed E-state index contributed by atoms with van der Waals surface area (Å²) in [6.07, 6.45) is 3.21. The normalized spacial score (nSPS) is 15.2. The van der Waals surface area contributed by atoms with Crippen molar-refractivity contribution in [2.75, 3.05) is 6.54 Å². The third-order valence-electron chi connectivity index (χ3n) is 2.32. The number of hydrogen-bond donors (Lipinski definition) is 2. The van der Waals surface area contributed by atoms with Gasteiger partial charge in [0.2, 0.25) is 0 Å². The monoisotopic (exact) mass is 275 g/mol. The molecule has 0 aliphatic carbocycles. The summed E-state index contributed by atoms with van der Waals surface area (Å²) >= 11 is 3.41. The van der Waals surface area contributed by atoms with Gasteiger partial charge in [0.15, 0.2) is 0 Å². The Bertz CT molecular complexity index is 288. The minimum Gasteiger partial charge on any atom is -0.466 e. The summed E-state index contributed by atoms with van der Waals surface area (Å²) in [6, 6.07) is 1.98. The molecule has 0 saturated heterocycles. The highest BCUT2D eigenvalue weighted by atomic mass is 79.9. The average molecular weight is 276 g/mol. The second-order valence-electron chi connectivity index (χ2n) is 3.71. The van der Waals surface area contributed by atoms with Gasteiger partial charge in [-0.15, -0.1) is 0 Å². The maximum absolute atomic E-state index is 9.56. The minimum atomic E-state index is -0.272. The summed E-state index contributed by atoms with van der Waals surface area (Å²) < 4.78 is 6.29. The third-order valence-corrected chi connectivity index (χ3v) is 2.97. The summed E-state index contributed by atoms with van der Waals surface area (Å²) in [7, 11) is 0. The van der Waals surface area contributed by atoms with Crippen LogP contribution in [0, 0.1) is 0 Å². The van der Waals surface area contributed by atoms with Crippen molar-refractivity contribution in [2.45, 2.75) is 38.8 Å².